The predicted octanol–water partition coefficient (Wildman–Crippen LogP) is 0.697. The number of rotatable bonds is 3. The first kappa shape index (κ1) is 7.88. The van der Waals surface area contributed by atoms with Gasteiger partial charge in [-0.1, -0.05) is 6.08 Å². The van der Waals surface area contributed by atoms with Crippen molar-refractivity contribution in [2.45, 2.75) is 13.0 Å². The maximum Gasteiger partial charge on any atom is 0.116 e. The first-order chi connectivity index (χ1) is 5.36. The van der Waals surface area contributed by atoms with Crippen LogP contribution in [0, 0.1) is 0 Å². The molecule has 58 valence electrons. The van der Waals surface area contributed by atoms with Crippen molar-refractivity contribution in [1.82, 2.24) is 9.97 Å². The highest BCUT2D eigenvalue weighted by molar-refractivity contribution is 5.09. The zero-order valence-corrected chi connectivity index (χ0v) is 6.20. The Labute approximate surface area is 65.4 Å². The minimum Gasteiger partial charge on any atom is -0.390 e. The second kappa shape index (κ2) is 3.83. The van der Waals surface area contributed by atoms with Crippen molar-refractivity contribution < 1.29 is 5.11 Å². The molecule has 0 bridgehead atoms. The van der Waals surface area contributed by atoms with Gasteiger partial charge in [0, 0.05) is 12.1 Å². The average Bonchev–Trinajstić information content (AvgIpc) is 2.06. The lowest BCUT2D eigenvalue weighted by Gasteiger charge is -1.96. The molecule has 0 fully saturated rings. The summed E-state index contributed by atoms with van der Waals surface area (Å²) in [6.45, 7) is 3.55. The lowest BCUT2D eigenvalue weighted by molar-refractivity contribution is 0.276. The number of hydrogen-bond acceptors (Lipinski definition) is 3. The minimum absolute atomic E-state index is 0.0351. The predicted molar refractivity (Wildman–Crippen MR) is 41.9 cm³/mol. The van der Waals surface area contributed by atoms with Crippen LogP contribution in [0.4, 0.5) is 0 Å². The molecule has 0 unspecified atom stereocenters. The molecule has 11 heavy (non-hydrogen) atoms. The van der Waals surface area contributed by atoms with Gasteiger partial charge in [0.25, 0.3) is 0 Å². The van der Waals surface area contributed by atoms with E-state index in [2.05, 4.69) is 16.5 Å². The van der Waals surface area contributed by atoms with Crippen LogP contribution in [0.3, 0.4) is 0 Å². The molecule has 0 aliphatic carbocycles. The van der Waals surface area contributed by atoms with Crippen molar-refractivity contribution in [3.63, 3.8) is 0 Å². The van der Waals surface area contributed by atoms with E-state index < -0.39 is 0 Å². The van der Waals surface area contributed by atoms with Crippen LogP contribution in [-0.2, 0) is 13.0 Å². The molecule has 1 aromatic rings. The van der Waals surface area contributed by atoms with E-state index in [0.29, 0.717) is 5.69 Å². The Morgan fingerprint density at radius 1 is 1.45 bits per heavy atom. The Hall–Kier alpha value is -1.22. The van der Waals surface area contributed by atoms with E-state index in [4.69, 9.17) is 5.11 Å². The van der Waals surface area contributed by atoms with Crippen LogP contribution in [0.5, 0.6) is 0 Å². The molecule has 0 saturated heterocycles. The largest absolute Gasteiger partial charge is 0.390 e. The molecule has 0 aliphatic rings. The molecule has 0 amide bonds. The van der Waals surface area contributed by atoms with Gasteiger partial charge in [0.2, 0.25) is 0 Å². The van der Waals surface area contributed by atoms with E-state index in [9.17, 15) is 0 Å². The monoisotopic (exact) mass is 150 g/mol. The number of hydrogen-bond donors (Lipinski definition) is 1. The van der Waals surface area contributed by atoms with Gasteiger partial charge < -0.3 is 5.11 Å². The van der Waals surface area contributed by atoms with Gasteiger partial charge in [0.05, 0.1) is 12.3 Å². The Morgan fingerprint density at radius 3 is 2.82 bits per heavy atom. The summed E-state index contributed by atoms with van der Waals surface area (Å²) in [5, 5.41) is 8.71. The maximum absolute atomic E-state index is 8.71. The van der Waals surface area contributed by atoms with E-state index in [1.165, 1.54) is 6.33 Å². The van der Waals surface area contributed by atoms with Gasteiger partial charge in [0.1, 0.15) is 6.33 Å². The van der Waals surface area contributed by atoms with E-state index in [0.717, 1.165) is 12.1 Å². The van der Waals surface area contributed by atoms with Gasteiger partial charge in [0.15, 0.2) is 0 Å². The standard InChI is InChI=1S/C8H10N2O/c1-2-3-7-4-8(5-11)10-6-9-7/h2,4,6,11H,1,3,5H2. The Bertz CT molecular complexity index is 248. The van der Waals surface area contributed by atoms with Gasteiger partial charge in [-0.25, -0.2) is 9.97 Å². The summed E-state index contributed by atoms with van der Waals surface area (Å²) < 4.78 is 0. The molecular weight excluding hydrogens is 140 g/mol. The van der Waals surface area contributed by atoms with Gasteiger partial charge in [-0.15, -0.1) is 6.58 Å². The van der Waals surface area contributed by atoms with Crippen LogP contribution >= 0.6 is 0 Å². The molecule has 0 aromatic carbocycles. The second-order valence-electron chi connectivity index (χ2n) is 2.15. The molecule has 0 atom stereocenters. The van der Waals surface area contributed by atoms with Crippen molar-refractivity contribution in [1.29, 1.82) is 0 Å². The fourth-order valence-electron chi connectivity index (χ4n) is 0.790. The lowest BCUT2D eigenvalue weighted by atomic mass is 10.2. The van der Waals surface area contributed by atoms with E-state index in [-0.39, 0.29) is 6.61 Å². The van der Waals surface area contributed by atoms with Crippen LogP contribution in [0.1, 0.15) is 11.4 Å². The van der Waals surface area contributed by atoms with Crippen molar-refractivity contribution in [3.05, 3.63) is 36.4 Å². The van der Waals surface area contributed by atoms with Crippen molar-refractivity contribution >= 4 is 0 Å². The summed E-state index contributed by atoms with van der Waals surface area (Å²) in [5.41, 5.74) is 1.54. The van der Waals surface area contributed by atoms with Gasteiger partial charge in [-0.3, -0.25) is 0 Å². The maximum atomic E-state index is 8.71. The van der Waals surface area contributed by atoms with E-state index in [1.54, 1.807) is 12.1 Å². The van der Waals surface area contributed by atoms with Crippen molar-refractivity contribution in [2.24, 2.45) is 0 Å². The Morgan fingerprint density at radius 2 is 2.18 bits per heavy atom. The number of allylic oxidation sites excluding steroid dienone is 1. The van der Waals surface area contributed by atoms with E-state index >= 15 is 0 Å². The quantitative estimate of drug-likeness (QED) is 0.645. The summed E-state index contributed by atoms with van der Waals surface area (Å²) >= 11 is 0. The zero-order chi connectivity index (χ0) is 8.10. The summed E-state index contributed by atoms with van der Waals surface area (Å²) in [5.74, 6) is 0. The van der Waals surface area contributed by atoms with Crippen molar-refractivity contribution in [3.8, 4) is 0 Å². The molecule has 0 aliphatic heterocycles. The average molecular weight is 150 g/mol. The topological polar surface area (TPSA) is 46.0 Å². The van der Waals surface area contributed by atoms with Crippen LogP contribution in [-0.4, -0.2) is 15.1 Å². The molecule has 0 saturated carbocycles. The molecule has 3 nitrogen and oxygen atoms in total. The number of aliphatic hydroxyl groups is 1. The first-order valence-corrected chi connectivity index (χ1v) is 3.38. The van der Waals surface area contributed by atoms with Gasteiger partial charge in [-0.05, 0) is 6.07 Å². The van der Waals surface area contributed by atoms with Crippen LogP contribution in [0.2, 0.25) is 0 Å². The highest BCUT2D eigenvalue weighted by Crippen LogP contribution is 1.98. The third-order valence-electron chi connectivity index (χ3n) is 1.30. The van der Waals surface area contributed by atoms with Gasteiger partial charge >= 0.3 is 0 Å². The molecule has 1 rings (SSSR count). The molecular formula is C8H10N2O. The zero-order valence-electron chi connectivity index (χ0n) is 6.20. The lowest BCUT2D eigenvalue weighted by Crippen LogP contribution is -1.94. The Balaban J connectivity index is 2.82. The van der Waals surface area contributed by atoms with Gasteiger partial charge in [-0.2, -0.15) is 0 Å². The first-order valence-electron chi connectivity index (χ1n) is 3.38. The molecule has 1 N–H and O–H groups in total. The summed E-state index contributed by atoms with van der Waals surface area (Å²) in [4.78, 5) is 7.83. The normalized spacial score (nSPS) is 9.55. The molecule has 1 aromatic heterocycles. The fourth-order valence-corrected chi connectivity index (χ4v) is 0.790. The van der Waals surface area contributed by atoms with Crippen molar-refractivity contribution in [2.75, 3.05) is 0 Å². The highest BCUT2D eigenvalue weighted by Gasteiger charge is 1.94. The third kappa shape index (κ3) is 2.13. The number of nitrogens with zero attached hydrogens (tertiary/aromatic N) is 2. The van der Waals surface area contributed by atoms with E-state index in [1.807, 2.05) is 0 Å². The molecule has 0 radical (unpaired) electrons. The second-order valence-corrected chi connectivity index (χ2v) is 2.15. The summed E-state index contributed by atoms with van der Waals surface area (Å²) in [6, 6.07) is 1.77. The summed E-state index contributed by atoms with van der Waals surface area (Å²) in [6.07, 6.45) is 3.93. The minimum atomic E-state index is -0.0351. The van der Waals surface area contributed by atoms with Crippen LogP contribution < -0.4 is 0 Å². The fraction of sp³-hybridized carbons (Fsp3) is 0.250. The molecule has 3 heteroatoms. The molecule has 1 heterocycles. The smallest absolute Gasteiger partial charge is 0.116 e. The SMILES string of the molecule is C=CCc1cc(CO)ncn1. The molecule has 0 spiro atoms. The summed E-state index contributed by atoms with van der Waals surface area (Å²) in [7, 11) is 0. The highest BCUT2D eigenvalue weighted by atomic mass is 16.3. The number of aromatic nitrogens is 2. The van der Waals surface area contributed by atoms with Crippen LogP contribution in [0.25, 0.3) is 0 Å². The third-order valence-corrected chi connectivity index (χ3v) is 1.30. The Kier molecular flexibility index (Phi) is 2.74. The van der Waals surface area contributed by atoms with Crippen LogP contribution in [0.15, 0.2) is 25.0 Å². The number of aliphatic hydroxyl groups excluding tert-OH is 1.